The molecule has 0 radical (unpaired) electrons. The van der Waals surface area contributed by atoms with Gasteiger partial charge >= 0.3 is 12.0 Å². The molecule has 1 aromatic rings. The summed E-state index contributed by atoms with van der Waals surface area (Å²) in [4.78, 5) is 34.5. The fraction of sp³-hybridized carbons (Fsp3) is 0.471. The average molecular weight is 336 g/mol. The van der Waals surface area contributed by atoms with Crippen molar-refractivity contribution in [2.45, 2.75) is 40.2 Å². The van der Waals surface area contributed by atoms with Crippen molar-refractivity contribution in [3.05, 3.63) is 29.3 Å². The van der Waals surface area contributed by atoms with E-state index in [1.54, 1.807) is 6.07 Å². The number of nitrogens with one attached hydrogen (secondary N) is 2. The molecule has 132 valence electrons. The van der Waals surface area contributed by atoms with Gasteiger partial charge in [0.2, 0.25) is 0 Å². The molecule has 1 atom stereocenters. The number of hydrogen-bond donors (Lipinski definition) is 2. The molecule has 0 fully saturated rings. The van der Waals surface area contributed by atoms with Gasteiger partial charge in [-0.25, -0.2) is 9.59 Å². The zero-order valence-corrected chi connectivity index (χ0v) is 14.5. The number of aryl methyl sites for hydroxylation is 2. The van der Waals surface area contributed by atoms with Crippen LogP contribution < -0.4 is 15.4 Å². The maximum absolute atomic E-state index is 11.6. The molecule has 0 aliphatic carbocycles. The molecule has 0 unspecified atom stereocenters. The molecule has 7 heteroatoms. The van der Waals surface area contributed by atoms with Crippen molar-refractivity contribution in [3.63, 3.8) is 0 Å². The van der Waals surface area contributed by atoms with Crippen molar-refractivity contribution < 1.29 is 23.9 Å². The summed E-state index contributed by atoms with van der Waals surface area (Å²) in [5.74, 6) is -0.807. The smallest absolute Gasteiger partial charge is 0.344 e. The highest BCUT2D eigenvalue weighted by molar-refractivity contribution is 5.95. The molecule has 0 aliphatic heterocycles. The van der Waals surface area contributed by atoms with Crippen molar-refractivity contribution in [1.82, 2.24) is 10.6 Å². The Labute approximate surface area is 141 Å². The Hall–Kier alpha value is -2.57. The van der Waals surface area contributed by atoms with Gasteiger partial charge in [0.05, 0.1) is 0 Å². The van der Waals surface area contributed by atoms with Crippen molar-refractivity contribution in [2.75, 3.05) is 13.2 Å². The molecule has 0 aromatic heterocycles. The zero-order valence-electron chi connectivity index (χ0n) is 14.5. The van der Waals surface area contributed by atoms with Gasteiger partial charge in [-0.15, -0.1) is 0 Å². The predicted molar refractivity (Wildman–Crippen MR) is 88.8 cm³/mol. The Balaban J connectivity index is 2.30. The van der Waals surface area contributed by atoms with E-state index < -0.39 is 24.5 Å². The fourth-order valence-corrected chi connectivity index (χ4v) is 1.81. The van der Waals surface area contributed by atoms with Crippen LogP contribution in [0.2, 0.25) is 0 Å². The Bertz CT molecular complexity index is 601. The highest BCUT2D eigenvalue weighted by Crippen LogP contribution is 2.18. The molecule has 0 aliphatic rings. The topological polar surface area (TPSA) is 93.7 Å². The molecule has 24 heavy (non-hydrogen) atoms. The molecule has 0 saturated carbocycles. The maximum atomic E-state index is 11.6. The molecule has 1 rings (SSSR count). The lowest BCUT2D eigenvalue weighted by Gasteiger charge is -2.12. The number of amides is 3. The van der Waals surface area contributed by atoms with Gasteiger partial charge in [0.1, 0.15) is 5.75 Å². The van der Waals surface area contributed by atoms with Gasteiger partial charge in [-0.05, 0) is 38.8 Å². The van der Waals surface area contributed by atoms with E-state index >= 15 is 0 Å². The summed E-state index contributed by atoms with van der Waals surface area (Å²) in [5.41, 5.74) is 2.00. The highest BCUT2D eigenvalue weighted by Gasteiger charge is 2.13. The number of carbonyl (C=O) groups excluding carboxylic acids is 3. The Morgan fingerprint density at radius 3 is 2.50 bits per heavy atom. The lowest BCUT2D eigenvalue weighted by molar-refractivity contribution is -0.150. The number of ether oxygens (including phenoxy) is 2. The molecule has 1 aromatic carbocycles. The standard InChI is InChI=1S/C17H24N2O5/c1-5-13(4)18-17(22)19-15(20)9-24-16(21)10-23-14-7-6-11(2)8-12(14)3/h6-8,13H,5,9-10H2,1-4H3,(H2,18,19,20,22)/t13-/m0/s1. The van der Waals surface area contributed by atoms with Crippen LogP contribution in [0.4, 0.5) is 4.79 Å². The third-order valence-corrected chi connectivity index (χ3v) is 3.28. The van der Waals surface area contributed by atoms with Crippen LogP contribution >= 0.6 is 0 Å². The monoisotopic (exact) mass is 336 g/mol. The van der Waals surface area contributed by atoms with Gasteiger partial charge in [-0.1, -0.05) is 24.6 Å². The van der Waals surface area contributed by atoms with Crippen molar-refractivity contribution in [3.8, 4) is 5.75 Å². The lowest BCUT2D eigenvalue weighted by atomic mass is 10.1. The first-order valence-corrected chi connectivity index (χ1v) is 7.77. The third-order valence-electron chi connectivity index (χ3n) is 3.28. The van der Waals surface area contributed by atoms with Gasteiger partial charge in [0.25, 0.3) is 5.91 Å². The second kappa shape index (κ2) is 9.54. The number of imide groups is 1. The maximum Gasteiger partial charge on any atom is 0.344 e. The first-order valence-electron chi connectivity index (χ1n) is 7.77. The van der Waals surface area contributed by atoms with Gasteiger partial charge in [-0.3, -0.25) is 10.1 Å². The molecule has 0 saturated heterocycles. The summed E-state index contributed by atoms with van der Waals surface area (Å²) in [6.07, 6.45) is 0.742. The van der Waals surface area contributed by atoms with Crippen molar-refractivity contribution >= 4 is 17.9 Å². The van der Waals surface area contributed by atoms with Gasteiger partial charge in [0, 0.05) is 6.04 Å². The first-order chi connectivity index (χ1) is 11.3. The van der Waals surface area contributed by atoms with Gasteiger partial charge < -0.3 is 14.8 Å². The van der Waals surface area contributed by atoms with Crippen LogP contribution in [0, 0.1) is 13.8 Å². The lowest BCUT2D eigenvalue weighted by Crippen LogP contribution is -2.44. The van der Waals surface area contributed by atoms with Crippen LogP contribution in [0.1, 0.15) is 31.4 Å². The summed E-state index contributed by atoms with van der Waals surface area (Å²) in [6.45, 7) is 6.70. The zero-order chi connectivity index (χ0) is 18.1. The van der Waals surface area contributed by atoms with Gasteiger partial charge in [-0.2, -0.15) is 0 Å². The molecule has 0 bridgehead atoms. The van der Waals surface area contributed by atoms with E-state index in [0.717, 1.165) is 17.5 Å². The van der Waals surface area contributed by atoms with E-state index in [-0.39, 0.29) is 12.6 Å². The largest absolute Gasteiger partial charge is 0.482 e. The third kappa shape index (κ3) is 7.13. The molecule has 7 nitrogen and oxygen atoms in total. The quantitative estimate of drug-likeness (QED) is 0.741. The number of carbonyl (C=O) groups is 3. The SMILES string of the molecule is CC[C@H](C)NC(=O)NC(=O)COC(=O)COc1ccc(C)cc1C. The molecule has 2 N–H and O–H groups in total. The fourth-order valence-electron chi connectivity index (χ4n) is 1.81. The molecular weight excluding hydrogens is 312 g/mol. The first kappa shape index (κ1) is 19.5. The number of urea groups is 1. The second-order valence-electron chi connectivity index (χ2n) is 5.55. The normalized spacial score (nSPS) is 11.3. The van der Waals surface area contributed by atoms with E-state index in [1.807, 2.05) is 39.8 Å². The molecule has 0 spiro atoms. The minimum absolute atomic E-state index is 0.0495. The summed E-state index contributed by atoms with van der Waals surface area (Å²) in [7, 11) is 0. The Kier molecular flexibility index (Phi) is 7.74. The number of benzene rings is 1. The summed E-state index contributed by atoms with van der Waals surface area (Å²) in [6, 6.07) is 4.91. The molecule has 3 amide bonds. The van der Waals surface area contributed by atoms with Crippen LogP contribution in [0.15, 0.2) is 18.2 Å². The minimum atomic E-state index is -0.698. The van der Waals surface area contributed by atoms with Gasteiger partial charge in [0.15, 0.2) is 13.2 Å². The Morgan fingerprint density at radius 2 is 1.88 bits per heavy atom. The predicted octanol–water partition coefficient (Wildman–Crippen LogP) is 1.85. The van der Waals surface area contributed by atoms with E-state index in [1.165, 1.54) is 0 Å². The van der Waals surface area contributed by atoms with E-state index in [0.29, 0.717) is 5.75 Å². The summed E-state index contributed by atoms with van der Waals surface area (Å²) in [5, 5.41) is 4.65. The average Bonchev–Trinajstić information content (AvgIpc) is 2.51. The highest BCUT2D eigenvalue weighted by atomic mass is 16.6. The van der Waals surface area contributed by atoms with E-state index in [4.69, 9.17) is 9.47 Å². The van der Waals surface area contributed by atoms with Crippen LogP contribution in [-0.4, -0.2) is 37.2 Å². The second-order valence-corrected chi connectivity index (χ2v) is 5.55. The van der Waals surface area contributed by atoms with Crippen molar-refractivity contribution in [2.24, 2.45) is 0 Å². The van der Waals surface area contributed by atoms with Crippen LogP contribution in [0.25, 0.3) is 0 Å². The number of rotatable bonds is 7. The molecule has 0 heterocycles. The number of esters is 1. The van der Waals surface area contributed by atoms with Crippen LogP contribution in [0.3, 0.4) is 0 Å². The van der Waals surface area contributed by atoms with E-state index in [9.17, 15) is 14.4 Å². The van der Waals surface area contributed by atoms with Crippen molar-refractivity contribution in [1.29, 1.82) is 0 Å². The van der Waals surface area contributed by atoms with Crippen LogP contribution in [0.5, 0.6) is 5.75 Å². The van der Waals surface area contributed by atoms with E-state index in [2.05, 4.69) is 10.6 Å². The van der Waals surface area contributed by atoms with Crippen LogP contribution in [-0.2, 0) is 14.3 Å². The minimum Gasteiger partial charge on any atom is -0.482 e. The Morgan fingerprint density at radius 1 is 1.17 bits per heavy atom. The molecular formula is C17H24N2O5. The summed E-state index contributed by atoms with van der Waals surface area (Å²) >= 11 is 0. The number of hydrogen-bond acceptors (Lipinski definition) is 5. The summed E-state index contributed by atoms with van der Waals surface area (Å²) < 4.78 is 10.1.